The molecular weight excluding hydrogens is 400 g/mol. The summed E-state index contributed by atoms with van der Waals surface area (Å²) < 4.78 is 0. The van der Waals surface area contributed by atoms with Gasteiger partial charge in [-0.1, -0.05) is 24.3 Å². The molecule has 30 heavy (non-hydrogen) atoms. The van der Waals surface area contributed by atoms with E-state index < -0.39 is 6.04 Å². The molecule has 0 saturated heterocycles. The highest BCUT2D eigenvalue weighted by molar-refractivity contribution is 7.12. The second kappa shape index (κ2) is 10.1. The molecule has 3 amide bonds. The molecule has 0 radical (unpaired) electrons. The third-order valence-corrected chi connectivity index (χ3v) is 5.86. The number of hydrogen-bond donors (Lipinski definition) is 3. The lowest BCUT2D eigenvalue weighted by atomic mass is 10.0. The number of benzene rings is 1. The van der Waals surface area contributed by atoms with Crippen molar-refractivity contribution in [2.24, 2.45) is 0 Å². The zero-order valence-corrected chi connectivity index (χ0v) is 17.9. The molecule has 0 saturated carbocycles. The Bertz CT molecular complexity index is 1010. The summed E-state index contributed by atoms with van der Waals surface area (Å²) in [5.74, 6) is -0.838. The summed E-state index contributed by atoms with van der Waals surface area (Å²) in [4.78, 5) is 43.1. The SMILES string of the molecule is CCN(CC)C(=O)CNC(=O)C(Cc1c[nH]c2ccccc12)NC(=O)c1cccs1. The van der Waals surface area contributed by atoms with Gasteiger partial charge in [-0.05, 0) is 36.9 Å². The fourth-order valence-electron chi connectivity index (χ4n) is 3.34. The van der Waals surface area contributed by atoms with Crippen LogP contribution in [0.15, 0.2) is 48.0 Å². The molecule has 0 fully saturated rings. The van der Waals surface area contributed by atoms with Gasteiger partial charge in [0.2, 0.25) is 11.8 Å². The van der Waals surface area contributed by atoms with Gasteiger partial charge in [0, 0.05) is 36.6 Å². The van der Waals surface area contributed by atoms with Crippen molar-refractivity contribution in [1.82, 2.24) is 20.5 Å². The number of rotatable bonds is 9. The first kappa shape index (κ1) is 21.6. The van der Waals surface area contributed by atoms with E-state index in [1.807, 2.05) is 49.7 Å². The molecule has 0 bridgehead atoms. The maximum atomic E-state index is 12.9. The van der Waals surface area contributed by atoms with Crippen molar-refractivity contribution in [2.45, 2.75) is 26.3 Å². The van der Waals surface area contributed by atoms with Crippen LogP contribution < -0.4 is 10.6 Å². The summed E-state index contributed by atoms with van der Waals surface area (Å²) in [6.45, 7) is 4.85. The molecule has 2 heterocycles. The van der Waals surface area contributed by atoms with E-state index in [4.69, 9.17) is 0 Å². The van der Waals surface area contributed by atoms with E-state index in [0.717, 1.165) is 16.5 Å². The molecule has 158 valence electrons. The first-order chi connectivity index (χ1) is 14.5. The summed E-state index contributed by atoms with van der Waals surface area (Å²) in [5, 5.41) is 8.33. The Labute approximate surface area is 179 Å². The van der Waals surface area contributed by atoms with Gasteiger partial charge in [-0.15, -0.1) is 11.3 Å². The predicted octanol–water partition coefficient (Wildman–Crippen LogP) is 2.56. The first-order valence-electron chi connectivity index (χ1n) is 9.98. The Balaban J connectivity index is 1.75. The molecule has 0 aliphatic heterocycles. The quantitative estimate of drug-likeness (QED) is 0.491. The molecule has 3 N–H and O–H groups in total. The zero-order valence-electron chi connectivity index (χ0n) is 17.1. The number of carbonyl (C=O) groups is 3. The number of thiophene rings is 1. The number of aromatic nitrogens is 1. The van der Waals surface area contributed by atoms with E-state index in [9.17, 15) is 14.4 Å². The number of hydrogen-bond acceptors (Lipinski definition) is 4. The molecule has 2 aromatic heterocycles. The van der Waals surface area contributed by atoms with Gasteiger partial charge in [-0.3, -0.25) is 14.4 Å². The third kappa shape index (κ3) is 5.07. The minimum absolute atomic E-state index is 0.0975. The van der Waals surface area contributed by atoms with Gasteiger partial charge in [-0.25, -0.2) is 0 Å². The Morgan fingerprint density at radius 3 is 2.57 bits per heavy atom. The van der Waals surface area contributed by atoms with E-state index in [2.05, 4.69) is 15.6 Å². The van der Waals surface area contributed by atoms with Crippen LogP contribution in [0, 0.1) is 0 Å². The Hall–Kier alpha value is -3.13. The van der Waals surface area contributed by atoms with Gasteiger partial charge in [0.25, 0.3) is 5.91 Å². The molecule has 3 rings (SSSR count). The lowest BCUT2D eigenvalue weighted by molar-refractivity contribution is -0.133. The van der Waals surface area contributed by atoms with E-state index in [-0.39, 0.29) is 24.3 Å². The summed E-state index contributed by atoms with van der Waals surface area (Å²) in [6.07, 6.45) is 2.16. The molecular formula is C22H26N4O3S. The van der Waals surface area contributed by atoms with Crippen LogP contribution in [-0.4, -0.2) is 53.3 Å². The number of amides is 3. The van der Waals surface area contributed by atoms with Gasteiger partial charge in [0.1, 0.15) is 6.04 Å². The van der Waals surface area contributed by atoms with Crippen molar-refractivity contribution in [1.29, 1.82) is 0 Å². The van der Waals surface area contributed by atoms with Crippen molar-refractivity contribution in [3.63, 3.8) is 0 Å². The van der Waals surface area contributed by atoms with Crippen LogP contribution in [-0.2, 0) is 16.0 Å². The summed E-state index contributed by atoms with van der Waals surface area (Å²) in [7, 11) is 0. The third-order valence-electron chi connectivity index (χ3n) is 5.00. The average molecular weight is 427 g/mol. The van der Waals surface area contributed by atoms with E-state index in [0.29, 0.717) is 24.4 Å². The van der Waals surface area contributed by atoms with Gasteiger partial charge < -0.3 is 20.5 Å². The molecule has 0 spiro atoms. The minimum Gasteiger partial charge on any atom is -0.361 e. The maximum absolute atomic E-state index is 12.9. The Morgan fingerprint density at radius 1 is 1.10 bits per heavy atom. The second-order valence-corrected chi connectivity index (χ2v) is 7.80. The molecule has 3 aromatic rings. The number of nitrogens with one attached hydrogen (secondary N) is 3. The number of aromatic amines is 1. The lowest BCUT2D eigenvalue weighted by Crippen LogP contribution is -2.50. The van der Waals surface area contributed by atoms with Crippen molar-refractivity contribution in [3.8, 4) is 0 Å². The van der Waals surface area contributed by atoms with Crippen molar-refractivity contribution < 1.29 is 14.4 Å². The highest BCUT2D eigenvalue weighted by Crippen LogP contribution is 2.19. The highest BCUT2D eigenvalue weighted by Gasteiger charge is 2.24. The minimum atomic E-state index is -0.802. The molecule has 1 unspecified atom stereocenters. The van der Waals surface area contributed by atoms with Crippen LogP contribution in [0.3, 0.4) is 0 Å². The number of H-pyrrole nitrogens is 1. The second-order valence-electron chi connectivity index (χ2n) is 6.85. The van der Waals surface area contributed by atoms with Crippen molar-refractivity contribution in [2.75, 3.05) is 19.6 Å². The first-order valence-corrected chi connectivity index (χ1v) is 10.9. The van der Waals surface area contributed by atoms with Crippen LogP contribution in [0.4, 0.5) is 0 Å². The monoisotopic (exact) mass is 426 g/mol. The fraction of sp³-hybridized carbons (Fsp3) is 0.318. The van der Waals surface area contributed by atoms with E-state index in [1.165, 1.54) is 11.3 Å². The van der Waals surface area contributed by atoms with E-state index >= 15 is 0 Å². The molecule has 0 aliphatic carbocycles. The topological polar surface area (TPSA) is 94.3 Å². The smallest absolute Gasteiger partial charge is 0.262 e. The summed E-state index contributed by atoms with van der Waals surface area (Å²) in [5.41, 5.74) is 1.89. The van der Waals surface area contributed by atoms with Crippen LogP contribution in [0.2, 0.25) is 0 Å². The maximum Gasteiger partial charge on any atom is 0.262 e. The van der Waals surface area contributed by atoms with E-state index in [1.54, 1.807) is 17.0 Å². The Morgan fingerprint density at radius 2 is 1.87 bits per heavy atom. The zero-order chi connectivity index (χ0) is 21.5. The molecule has 7 nitrogen and oxygen atoms in total. The summed E-state index contributed by atoms with van der Waals surface area (Å²) in [6, 6.07) is 10.5. The van der Waals surface area contributed by atoms with Crippen LogP contribution in [0.1, 0.15) is 29.1 Å². The lowest BCUT2D eigenvalue weighted by Gasteiger charge is -2.21. The van der Waals surface area contributed by atoms with Crippen LogP contribution >= 0.6 is 11.3 Å². The molecule has 8 heteroatoms. The largest absolute Gasteiger partial charge is 0.361 e. The number of para-hydroxylation sites is 1. The fourth-order valence-corrected chi connectivity index (χ4v) is 3.97. The van der Waals surface area contributed by atoms with Gasteiger partial charge in [0.05, 0.1) is 11.4 Å². The number of likely N-dealkylation sites (N-methyl/N-ethyl adjacent to an activating group) is 1. The molecule has 0 aliphatic rings. The number of nitrogens with zero attached hydrogens (tertiary/aromatic N) is 1. The Kier molecular flexibility index (Phi) is 7.24. The molecule has 1 atom stereocenters. The normalized spacial score (nSPS) is 11.8. The predicted molar refractivity (Wildman–Crippen MR) is 119 cm³/mol. The van der Waals surface area contributed by atoms with Crippen LogP contribution in [0.5, 0.6) is 0 Å². The number of carbonyl (C=O) groups excluding carboxylic acids is 3. The van der Waals surface area contributed by atoms with Gasteiger partial charge in [-0.2, -0.15) is 0 Å². The van der Waals surface area contributed by atoms with Gasteiger partial charge >= 0.3 is 0 Å². The van der Waals surface area contributed by atoms with Crippen molar-refractivity contribution >= 4 is 40.0 Å². The average Bonchev–Trinajstić information content (AvgIpc) is 3.43. The number of fused-ring (bicyclic) bond motifs is 1. The highest BCUT2D eigenvalue weighted by atomic mass is 32.1. The molecule has 1 aromatic carbocycles. The standard InChI is InChI=1S/C22H26N4O3S/c1-3-26(4-2)20(27)14-24-21(28)18(25-22(29)19-10-7-11-30-19)12-15-13-23-17-9-6-5-8-16(15)17/h5-11,13,18,23H,3-4,12,14H2,1-2H3,(H,24,28)(H,25,29). The van der Waals surface area contributed by atoms with Crippen molar-refractivity contribution in [3.05, 3.63) is 58.4 Å². The summed E-state index contributed by atoms with van der Waals surface area (Å²) >= 11 is 1.31. The van der Waals surface area contributed by atoms with Crippen LogP contribution in [0.25, 0.3) is 10.9 Å². The van der Waals surface area contributed by atoms with Gasteiger partial charge in [0.15, 0.2) is 0 Å².